The minimum absolute atomic E-state index is 0.0846. The van der Waals surface area contributed by atoms with Gasteiger partial charge in [0.15, 0.2) is 0 Å². The van der Waals surface area contributed by atoms with E-state index in [1.807, 2.05) is 17.3 Å². The normalized spacial score (nSPS) is 16.0. The zero-order valence-electron chi connectivity index (χ0n) is 12.5. The Morgan fingerprint density at radius 3 is 2.64 bits per heavy atom. The van der Waals surface area contributed by atoms with Crippen LogP contribution >= 0.6 is 11.6 Å². The van der Waals surface area contributed by atoms with Gasteiger partial charge in [0.1, 0.15) is 0 Å². The third-order valence-corrected chi connectivity index (χ3v) is 4.59. The molecule has 1 amide bonds. The first-order valence-electron chi connectivity index (χ1n) is 7.43. The number of pyridine rings is 1. The molecule has 5 nitrogen and oxygen atoms in total. The molecule has 0 radical (unpaired) electrons. The molecular weight excluding hydrogens is 302 g/mol. The lowest BCUT2D eigenvalue weighted by molar-refractivity contribution is -0.131. The molecule has 1 aliphatic rings. The number of likely N-dealkylation sites (tertiary alicyclic amines) is 1. The topological polar surface area (TPSA) is 59.2 Å². The van der Waals surface area contributed by atoms with E-state index >= 15 is 0 Å². The van der Waals surface area contributed by atoms with Crippen LogP contribution in [0.1, 0.15) is 35.6 Å². The highest BCUT2D eigenvalue weighted by Gasteiger charge is 2.25. The summed E-state index contributed by atoms with van der Waals surface area (Å²) in [7, 11) is 0. The predicted molar refractivity (Wildman–Crippen MR) is 82.7 cm³/mol. The van der Waals surface area contributed by atoms with Crippen LogP contribution < -0.4 is 0 Å². The molecule has 3 rings (SSSR count). The lowest BCUT2D eigenvalue weighted by atomic mass is 9.90. The van der Waals surface area contributed by atoms with Crippen molar-refractivity contribution in [2.45, 2.75) is 32.1 Å². The Bertz CT molecular complexity index is 629. The van der Waals surface area contributed by atoms with Crippen molar-refractivity contribution in [2.24, 2.45) is 0 Å². The van der Waals surface area contributed by atoms with E-state index in [0.717, 1.165) is 25.9 Å². The molecule has 1 saturated heterocycles. The zero-order valence-corrected chi connectivity index (χ0v) is 13.2. The molecule has 2 aromatic rings. The quantitative estimate of drug-likeness (QED) is 0.872. The van der Waals surface area contributed by atoms with E-state index in [1.165, 1.54) is 5.56 Å². The van der Waals surface area contributed by atoms with Crippen molar-refractivity contribution >= 4 is 17.5 Å². The number of halogens is 1. The number of aryl methyl sites for hydroxylation is 1. The second-order valence-corrected chi connectivity index (χ2v) is 5.98. The van der Waals surface area contributed by atoms with Crippen LogP contribution in [-0.2, 0) is 11.2 Å². The second-order valence-electron chi connectivity index (χ2n) is 5.63. The van der Waals surface area contributed by atoms with E-state index in [0.29, 0.717) is 17.2 Å². The van der Waals surface area contributed by atoms with E-state index in [2.05, 4.69) is 22.3 Å². The summed E-state index contributed by atoms with van der Waals surface area (Å²) in [5.41, 5.74) is 2.69. The molecule has 0 spiro atoms. The van der Waals surface area contributed by atoms with Gasteiger partial charge in [0.05, 0.1) is 12.1 Å². The lowest BCUT2D eigenvalue weighted by Gasteiger charge is -2.32. The molecule has 0 aromatic carbocycles. The van der Waals surface area contributed by atoms with Crippen LogP contribution in [0.2, 0.25) is 5.22 Å². The van der Waals surface area contributed by atoms with Crippen molar-refractivity contribution in [2.75, 3.05) is 13.1 Å². The van der Waals surface area contributed by atoms with Crippen molar-refractivity contribution in [1.29, 1.82) is 0 Å². The molecule has 6 heteroatoms. The van der Waals surface area contributed by atoms with Crippen LogP contribution in [0.5, 0.6) is 0 Å². The van der Waals surface area contributed by atoms with Crippen LogP contribution in [0.15, 0.2) is 29.0 Å². The van der Waals surface area contributed by atoms with Gasteiger partial charge in [0, 0.05) is 31.0 Å². The summed E-state index contributed by atoms with van der Waals surface area (Å²) in [5.74, 6) is 0.592. The Hall–Kier alpha value is -1.88. The second kappa shape index (κ2) is 6.48. The summed E-state index contributed by atoms with van der Waals surface area (Å²) in [6, 6.07) is 4.12. The van der Waals surface area contributed by atoms with Crippen LogP contribution in [0.4, 0.5) is 0 Å². The molecule has 3 heterocycles. The summed E-state index contributed by atoms with van der Waals surface area (Å²) < 4.78 is 4.90. The summed E-state index contributed by atoms with van der Waals surface area (Å²) in [5, 5.41) is 4.00. The molecule has 0 bridgehead atoms. The first-order valence-corrected chi connectivity index (χ1v) is 7.81. The molecule has 0 aliphatic carbocycles. The summed E-state index contributed by atoms with van der Waals surface area (Å²) >= 11 is 5.93. The fourth-order valence-corrected chi connectivity index (χ4v) is 3.16. The number of carbonyl (C=O) groups excluding carboxylic acids is 1. The van der Waals surface area contributed by atoms with Crippen LogP contribution in [0.3, 0.4) is 0 Å². The van der Waals surface area contributed by atoms with Crippen LogP contribution in [0, 0.1) is 6.92 Å². The van der Waals surface area contributed by atoms with Crippen LogP contribution in [-0.4, -0.2) is 34.0 Å². The van der Waals surface area contributed by atoms with E-state index < -0.39 is 0 Å². The van der Waals surface area contributed by atoms with Crippen LogP contribution in [0.25, 0.3) is 0 Å². The van der Waals surface area contributed by atoms with Crippen molar-refractivity contribution in [3.8, 4) is 0 Å². The van der Waals surface area contributed by atoms with Gasteiger partial charge in [-0.1, -0.05) is 5.16 Å². The molecule has 0 saturated carbocycles. The first-order chi connectivity index (χ1) is 10.6. The van der Waals surface area contributed by atoms with Crippen molar-refractivity contribution in [1.82, 2.24) is 15.0 Å². The standard InChI is InChI=1S/C16H18ClN3O2/c1-11-14(16(17)22-19-11)10-15(21)20-8-4-13(5-9-20)12-2-6-18-7-3-12/h2-3,6-7,13H,4-5,8-10H2,1H3. The molecular formula is C16H18ClN3O2. The number of hydrogen-bond acceptors (Lipinski definition) is 4. The Balaban J connectivity index is 1.58. The molecule has 0 atom stereocenters. The van der Waals surface area contributed by atoms with Crippen molar-refractivity contribution in [3.05, 3.63) is 46.6 Å². The van der Waals surface area contributed by atoms with Gasteiger partial charge in [0.25, 0.3) is 0 Å². The SMILES string of the molecule is Cc1noc(Cl)c1CC(=O)N1CCC(c2ccncc2)CC1. The maximum absolute atomic E-state index is 12.4. The minimum atomic E-state index is 0.0846. The van der Waals surface area contributed by atoms with Gasteiger partial charge in [-0.3, -0.25) is 9.78 Å². The van der Waals surface area contributed by atoms with Gasteiger partial charge in [-0.25, -0.2) is 0 Å². The van der Waals surface area contributed by atoms with Crippen molar-refractivity contribution < 1.29 is 9.32 Å². The molecule has 116 valence electrons. The number of piperidine rings is 1. The van der Waals surface area contributed by atoms with E-state index in [-0.39, 0.29) is 17.5 Å². The number of nitrogens with zero attached hydrogens (tertiary/aromatic N) is 3. The number of hydrogen-bond donors (Lipinski definition) is 0. The molecule has 0 N–H and O–H groups in total. The Morgan fingerprint density at radius 2 is 2.05 bits per heavy atom. The molecule has 1 fully saturated rings. The van der Waals surface area contributed by atoms with E-state index in [4.69, 9.17) is 16.1 Å². The smallest absolute Gasteiger partial charge is 0.229 e. The maximum Gasteiger partial charge on any atom is 0.229 e. The first kappa shape index (κ1) is 15.0. The molecule has 22 heavy (non-hydrogen) atoms. The highest BCUT2D eigenvalue weighted by atomic mass is 35.5. The Labute approximate surface area is 134 Å². The summed E-state index contributed by atoms with van der Waals surface area (Å²) in [4.78, 5) is 18.4. The highest BCUT2D eigenvalue weighted by Crippen LogP contribution is 2.28. The number of aromatic nitrogens is 2. The van der Waals surface area contributed by atoms with E-state index in [9.17, 15) is 4.79 Å². The highest BCUT2D eigenvalue weighted by molar-refractivity contribution is 6.29. The van der Waals surface area contributed by atoms with Gasteiger partial charge >= 0.3 is 0 Å². The molecule has 1 aliphatic heterocycles. The van der Waals surface area contributed by atoms with Gasteiger partial charge in [-0.05, 0) is 55.0 Å². The number of amides is 1. The lowest BCUT2D eigenvalue weighted by Crippen LogP contribution is -2.38. The monoisotopic (exact) mass is 319 g/mol. The van der Waals surface area contributed by atoms with Gasteiger partial charge < -0.3 is 9.42 Å². The molecule has 2 aromatic heterocycles. The third kappa shape index (κ3) is 3.14. The van der Waals surface area contributed by atoms with Gasteiger partial charge in [0.2, 0.25) is 11.1 Å². The largest absolute Gasteiger partial charge is 0.344 e. The number of carbonyl (C=O) groups is 1. The summed E-state index contributed by atoms with van der Waals surface area (Å²) in [6.45, 7) is 3.34. The average Bonchev–Trinajstić information content (AvgIpc) is 2.88. The zero-order chi connectivity index (χ0) is 15.5. The minimum Gasteiger partial charge on any atom is -0.344 e. The molecule has 0 unspecified atom stereocenters. The van der Waals surface area contributed by atoms with Gasteiger partial charge in [-0.15, -0.1) is 0 Å². The number of rotatable bonds is 3. The Morgan fingerprint density at radius 1 is 1.36 bits per heavy atom. The fourth-order valence-electron chi connectivity index (χ4n) is 2.92. The third-order valence-electron chi connectivity index (χ3n) is 4.29. The summed E-state index contributed by atoms with van der Waals surface area (Å²) in [6.07, 6.45) is 5.86. The average molecular weight is 320 g/mol. The fraction of sp³-hybridized carbons (Fsp3) is 0.438. The van der Waals surface area contributed by atoms with Crippen molar-refractivity contribution in [3.63, 3.8) is 0 Å². The van der Waals surface area contributed by atoms with Gasteiger partial charge in [-0.2, -0.15) is 0 Å². The van der Waals surface area contributed by atoms with E-state index in [1.54, 1.807) is 6.92 Å². The maximum atomic E-state index is 12.4. The predicted octanol–water partition coefficient (Wildman–Crippen LogP) is 2.98. The Kier molecular flexibility index (Phi) is 4.43.